The number of aromatic nitrogens is 2. The molecule has 15 nitrogen and oxygen atoms in total. The van der Waals surface area contributed by atoms with E-state index in [-0.39, 0.29) is 24.0 Å². The third-order valence-corrected chi connectivity index (χ3v) is 13.0. The number of hydrazine groups is 1. The molecule has 0 aliphatic carbocycles. The van der Waals surface area contributed by atoms with Gasteiger partial charge in [0.05, 0.1) is 37.2 Å². The number of benzene rings is 2. The van der Waals surface area contributed by atoms with Crippen LogP contribution in [-0.2, 0) is 57.6 Å². The number of nitrogens with zero attached hydrogens (tertiary/aromatic N) is 5. The number of carbonyl (C=O) groups is 5. The van der Waals surface area contributed by atoms with Gasteiger partial charge >= 0.3 is 6.23 Å². The molecule has 3 aliphatic heterocycles. The first-order valence-electron chi connectivity index (χ1n) is 22.8. The van der Waals surface area contributed by atoms with Gasteiger partial charge in [-0.3, -0.25) is 38.7 Å². The molecule has 3 saturated heterocycles. The molecule has 3 fully saturated rings. The fraction of sp³-hybridized carbons (Fsp3) is 0.480. The van der Waals surface area contributed by atoms with E-state index >= 15 is 8.78 Å². The lowest BCUT2D eigenvalue weighted by atomic mass is 9.84. The first kappa shape index (κ1) is 48.9. The lowest BCUT2D eigenvalue weighted by Crippen LogP contribution is -2.68. The molecule has 3 unspecified atom stereocenters. The van der Waals surface area contributed by atoms with Crippen LogP contribution in [0.3, 0.4) is 0 Å². The number of hydrogen-bond donors (Lipinski definition) is 2. The zero-order valence-electron chi connectivity index (χ0n) is 39.3. The maximum Gasteiger partial charge on any atom is 0.452 e. The number of halogens is 2. The monoisotopic (exact) mass is 925 g/mol. The number of aryl methyl sites for hydroxylation is 1. The minimum Gasteiger partial charge on any atom is -0.467 e. The molecular formula is C50H61F2N7O8. The summed E-state index contributed by atoms with van der Waals surface area (Å²) in [5.41, 5.74) is 7.80. The lowest BCUT2D eigenvalue weighted by Gasteiger charge is -2.44. The Labute approximate surface area is 389 Å². The topological polar surface area (TPSA) is 165 Å². The number of rotatable bonds is 18. The van der Waals surface area contributed by atoms with E-state index in [9.17, 15) is 24.0 Å². The number of pyridine rings is 1. The Kier molecular flexibility index (Phi) is 14.3. The summed E-state index contributed by atoms with van der Waals surface area (Å²) >= 11 is 0. The maximum atomic E-state index is 15.8. The maximum absolute atomic E-state index is 15.8. The summed E-state index contributed by atoms with van der Waals surface area (Å²) in [6.45, 7) is 16.1. The number of amides is 4. The third-order valence-electron chi connectivity index (χ3n) is 13.0. The van der Waals surface area contributed by atoms with Crippen LogP contribution in [0, 0.1) is 11.3 Å². The van der Waals surface area contributed by atoms with Gasteiger partial charge in [0.2, 0.25) is 11.8 Å². The molecule has 67 heavy (non-hydrogen) atoms. The molecule has 3 aliphatic rings. The number of alkyl halides is 2. The molecule has 3 atom stereocenters. The number of ether oxygens (including phenoxy) is 3. The second kappa shape index (κ2) is 19.7. The number of hydrogen-bond acceptors (Lipinski definition) is 10. The summed E-state index contributed by atoms with van der Waals surface area (Å²) in [6, 6.07) is 14.9. The highest BCUT2D eigenvalue weighted by atomic mass is 19.3. The minimum atomic E-state index is -4.17. The van der Waals surface area contributed by atoms with Gasteiger partial charge in [0.15, 0.2) is 5.60 Å². The van der Waals surface area contributed by atoms with E-state index in [1.165, 1.54) is 18.9 Å². The largest absolute Gasteiger partial charge is 0.467 e. The first-order chi connectivity index (χ1) is 31.9. The third kappa shape index (κ3) is 9.72. The Balaban J connectivity index is 1.24. The van der Waals surface area contributed by atoms with E-state index in [0.29, 0.717) is 38.1 Å². The molecule has 2 aromatic heterocycles. The van der Waals surface area contributed by atoms with Crippen LogP contribution in [0.1, 0.15) is 77.3 Å². The Morgan fingerprint density at radius 1 is 1.06 bits per heavy atom. The molecule has 4 amide bonds. The lowest BCUT2D eigenvalue weighted by molar-refractivity contribution is -0.324. The van der Waals surface area contributed by atoms with Gasteiger partial charge < -0.3 is 24.3 Å². The van der Waals surface area contributed by atoms with Crippen LogP contribution >= 0.6 is 0 Å². The molecule has 0 bridgehead atoms. The van der Waals surface area contributed by atoms with Crippen molar-refractivity contribution >= 4 is 41.0 Å². The van der Waals surface area contributed by atoms with Crippen LogP contribution in [-0.4, -0.2) is 118 Å². The van der Waals surface area contributed by atoms with E-state index in [1.807, 2.05) is 43.3 Å². The van der Waals surface area contributed by atoms with Gasteiger partial charge in [-0.25, -0.2) is 10.3 Å². The Morgan fingerprint density at radius 3 is 2.46 bits per heavy atom. The SMILES string of the molecule is C=CC(=O)N1CC2(C1)OC(F)(F)N(C(C(=O)NC(Cc1cccc(-c3ccc4c(c3)c(CC(C)(C)COC=O)c(-c3cccnc3C(C)OC)n4CC)c1)C(=O)N1CCCCN1)C(C)C)C2=O. The highest BCUT2D eigenvalue weighted by Crippen LogP contribution is 2.46. The molecule has 1 spiro atoms. The Morgan fingerprint density at radius 2 is 1.81 bits per heavy atom. The summed E-state index contributed by atoms with van der Waals surface area (Å²) in [5.74, 6) is -3.88. The summed E-state index contributed by atoms with van der Waals surface area (Å²) < 4.78 is 50.0. The number of fused-ring (bicyclic) bond motifs is 1. The average molecular weight is 926 g/mol. The van der Waals surface area contributed by atoms with Crippen LogP contribution in [0.25, 0.3) is 33.3 Å². The van der Waals surface area contributed by atoms with Crippen molar-refractivity contribution in [1.82, 2.24) is 35.1 Å². The molecule has 5 heterocycles. The molecule has 358 valence electrons. The van der Waals surface area contributed by atoms with Gasteiger partial charge in [-0.1, -0.05) is 64.6 Å². The van der Waals surface area contributed by atoms with Gasteiger partial charge in [0, 0.05) is 61.2 Å². The highest BCUT2D eigenvalue weighted by Gasteiger charge is 2.70. The summed E-state index contributed by atoms with van der Waals surface area (Å²) in [7, 11) is 1.65. The number of methoxy groups -OCH3 is 1. The smallest absolute Gasteiger partial charge is 0.452 e. The fourth-order valence-electron chi connectivity index (χ4n) is 9.62. The van der Waals surface area contributed by atoms with E-state index in [4.69, 9.17) is 19.2 Å². The predicted octanol–water partition coefficient (Wildman–Crippen LogP) is 6.19. The van der Waals surface area contributed by atoms with Gasteiger partial charge in [-0.2, -0.15) is 8.78 Å². The van der Waals surface area contributed by atoms with Crippen molar-refractivity contribution in [2.24, 2.45) is 11.3 Å². The average Bonchev–Trinajstić information content (AvgIpc) is 3.72. The normalized spacial score (nSPS) is 18.2. The van der Waals surface area contributed by atoms with Crippen LogP contribution < -0.4 is 10.7 Å². The molecule has 17 heteroatoms. The van der Waals surface area contributed by atoms with Crippen molar-refractivity contribution in [2.75, 3.05) is 39.9 Å². The predicted molar refractivity (Wildman–Crippen MR) is 247 cm³/mol. The second-order valence-electron chi connectivity index (χ2n) is 18.8. The molecule has 0 radical (unpaired) electrons. The van der Waals surface area contributed by atoms with Gasteiger partial charge in [0.1, 0.15) is 12.1 Å². The zero-order chi connectivity index (χ0) is 48.4. The minimum absolute atomic E-state index is 0.00105. The highest BCUT2D eigenvalue weighted by molar-refractivity contribution is 5.98. The van der Waals surface area contributed by atoms with Crippen molar-refractivity contribution in [1.29, 1.82) is 0 Å². The van der Waals surface area contributed by atoms with Crippen LogP contribution in [0.2, 0.25) is 0 Å². The quantitative estimate of drug-likeness (QED) is 0.0668. The van der Waals surface area contributed by atoms with Gasteiger partial charge in [0.25, 0.3) is 18.3 Å². The number of nitrogens with one attached hydrogen (secondary N) is 2. The van der Waals surface area contributed by atoms with Crippen LogP contribution in [0.4, 0.5) is 8.78 Å². The molecule has 2 N–H and O–H groups in total. The summed E-state index contributed by atoms with van der Waals surface area (Å²) in [4.78, 5) is 72.1. The van der Waals surface area contributed by atoms with Gasteiger partial charge in [-0.05, 0) is 91.6 Å². The number of carbonyl (C=O) groups excluding carboxylic acids is 5. The molecule has 2 aromatic carbocycles. The fourth-order valence-corrected chi connectivity index (χ4v) is 9.62. The van der Waals surface area contributed by atoms with Crippen molar-refractivity contribution in [3.63, 3.8) is 0 Å². The van der Waals surface area contributed by atoms with Gasteiger partial charge in [-0.15, -0.1) is 0 Å². The Bertz CT molecular complexity index is 2530. The second-order valence-corrected chi connectivity index (χ2v) is 18.8. The molecule has 7 rings (SSSR count). The van der Waals surface area contributed by atoms with Crippen molar-refractivity contribution in [3.8, 4) is 22.4 Å². The van der Waals surface area contributed by atoms with E-state index in [2.05, 4.69) is 60.9 Å². The summed E-state index contributed by atoms with van der Waals surface area (Å²) in [5, 5.41) is 5.22. The first-order valence-corrected chi connectivity index (χ1v) is 22.8. The summed E-state index contributed by atoms with van der Waals surface area (Å²) in [6.07, 6.45) is 0.438. The van der Waals surface area contributed by atoms with Crippen molar-refractivity contribution in [2.45, 2.75) is 104 Å². The van der Waals surface area contributed by atoms with E-state index in [1.54, 1.807) is 13.3 Å². The Hall–Kier alpha value is -6.04. The molecule has 4 aromatic rings. The molecule has 0 saturated carbocycles. The number of likely N-dealkylation sites (tertiary alicyclic amines) is 1. The van der Waals surface area contributed by atoms with Crippen molar-refractivity contribution < 1.29 is 47.0 Å². The zero-order valence-corrected chi connectivity index (χ0v) is 39.3. The standard InChI is InChI=1S/C50H61F2N7O8/c1-9-41(61)56-27-49(28-56)47(64)59(50(51,52)67-49)43(31(3)4)45(62)55-39(46(63)58-22-12-11-21-54-58)24-33-15-13-16-34(23-33)35-18-19-40-37(25-35)38(26-48(6,7)29-66-30-60)44(57(40)10-2)36-17-14-20-53-42(36)32(5)65-8/h9,13-20,23,25,30-32,39,43,54H,1,10-12,21-22,24,26-29H2,2-8H3,(H,55,62). The van der Waals surface area contributed by atoms with Crippen molar-refractivity contribution in [3.05, 3.63) is 90.3 Å². The van der Waals surface area contributed by atoms with Crippen LogP contribution in [0.5, 0.6) is 0 Å². The van der Waals surface area contributed by atoms with E-state index < -0.39 is 72.0 Å². The molecular weight excluding hydrogens is 865 g/mol. The van der Waals surface area contributed by atoms with Crippen LogP contribution in [0.15, 0.2) is 73.4 Å². The van der Waals surface area contributed by atoms with E-state index in [0.717, 1.165) is 68.4 Å².